The predicted molar refractivity (Wildman–Crippen MR) is 76.9 cm³/mol. The number of rotatable bonds is 2. The van der Waals surface area contributed by atoms with E-state index in [1.807, 2.05) is 12.1 Å². The highest BCUT2D eigenvalue weighted by molar-refractivity contribution is 6.16. The number of benzene rings is 2. The summed E-state index contributed by atoms with van der Waals surface area (Å²) >= 11 is 0. The van der Waals surface area contributed by atoms with Crippen LogP contribution in [-0.4, -0.2) is 12.3 Å². The molecule has 0 radical (unpaired) electrons. The minimum absolute atomic E-state index is 0.906. The molecule has 1 aliphatic heterocycles. The molecule has 1 heterocycles. The lowest BCUT2D eigenvalue weighted by atomic mass is 10.00. The molecule has 0 spiro atoms. The Morgan fingerprint density at radius 3 is 2.22 bits per heavy atom. The zero-order valence-corrected chi connectivity index (χ0v) is 10.2. The maximum Gasteiger partial charge on any atom is 0.0679 e. The Morgan fingerprint density at radius 2 is 1.50 bits per heavy atom. The van der Waals surface area contributed by atoms with Gasteiger partial charge in [-0.15, -0.1) is 0 Å². The fraction of sp³-hybridized carbons (Fsp3) is 0.118. The summed E-state index contributed by atoms with van der Waals surface area (Å²) in [4.78, 5) is 4.63. The molecule has 0 fully saturated rings. The van der Waals surface area contributed by atoms with Gasteiger partial charge in [0.25, 0.3) is 0 Å². The Morgan fingerprint density at radius 1 is 0.833 bits per heavy atom. The minimum Gasteiger partial charge on any atom is -0.284 e. The molecule has 3 rings (SSSR count). The van der Waals surface area contributed by atoms with Crippen molar-refractivity contribution in [3.05, 3.63) is 77.4 Å². The Hall–Kier alpha value is -2.15. The number of hydrogen-bond acceptors (Lipinski definition) is 1. The third-order valence-electron chi connectivity index (χ3n) is 3.14. The second-order valence-corrected chi connectivity index (χ2v) is 4.43. The summed E-state index contributed by atoms with van der Waals surface area (Å²) in [6, 6.07) is 20.9. The summed E-state index contributed by atoms with van der Waals surface area (Å²) in [5.74, 6) is 0. The van der Waals surface area contributed by atoms with Crippen molar-refractivity contribution in [3.8, 4) is 0 Å². The monoisotopic (exact) mass is 233 g/mol. The molecule has 88 valence electrons. The second-order valence-electron chi connectivity index (χ2n) is 4.43. The first-order valence-electron chi connectivity index (χ1n) is 6.29. The van der Waals surface area contributed by atoms with E-state index in [-0.39, 0.29) is 0 Å². The molecule has 0 saturated heterocycles. The molecule has 1 heteroatoms. The average molecular weight is 233 g/mol. The maximum absolute atomic E-state index is 4.63. The molecule has 0 aromatic heterocycles. The van der Waals surface area contributed by atoms with Crippen LogP contribution in [-0.2, 0) is 0 Å². The van der Waals surface area contributed by atoms with Crippen LogP contribution in [0.2, 0.25) is 0 Å². The normalized spacial score (nSPS) is 16.9. The molecule has 0 atom stereocenters. The van der Waals surface area contributed by atoms with Crippen molar-refractivity contribution in [2.24, 2.45) is 4.99 Å². The summed E-state index contributed by atoms with van der Waals surface area (Å²) < 4.78 is 0. The first-order chi connectivity index (χ1) is 8.93. The van der Waals surface area contributed by atoms with Crippen LogP contribution in [0.1, 0.15) is 17.5 Å². The topological polar surface area (TPSA) is 12.4 Å². The van der Waals surface area contributed by atoms with E-state index < -0.39 is 0 Å². The van der Waals surface area contributed by atoms with Crippen molar-refractivity contribution < 1.29 is 0 Å². The first kappa shape index (κ1) is 11.0. The van der Waals surface area contributed by atoms with Gasteiger partial charge in [0.05, 0.1) is 5.71 Å². The Labute approximate surface area is 108 Å². The van der Waals surface area contributed by atoms with E-state index in [1.54, 1.807) is 0 Å². The Bertz CT molecular complexity index is 580. The molecule has 0 unspecified atom stereocenters. The van der Waals surface area contributed by atoms with E-state index in [0.717, 1.165) is 18.7 Å². The second kappa shape index (κ2) is 5.01. The summed E-state index contributed by atoms with van der Waals surface area (Å²) in [5.41, 5.74) is 4.96. The molecule has 18 heavy (non-hydrogen) atoms. The van der Waals surface area contributed by atoms with E-state index >= 15 is 0 Å². The quantitative estimate of drug-likeness (QED) is 0.744. The van der Waals surface area contributed by atoms with E-state index in [0.29, 0.717) is 0 Å². The molecular weight excluding hydrogens is 218 g/mol. The van der Waals surface area contributed by atoms with Gasteiger partial charge in [0, 0.05) is 6.54 Å². The fourth-order valence-corrected chi connectivity index (χ4v) is 2.27. The highest BCUT2D eigenvalue weighted by Gasteiger charge is 2.14. The molecular formula is C17H15N. The highest BCUT2D eigenvalue weighted by atomic mass is 14.8. The molecule has 0 amide bonds. The summed E-state index contributed by atoms with van der Waals surface area (Å²) in [6.45, 7) is 0.906. The van der Waals surface area contributed by atoms with Crippen LogP contribution >= 0.6 is 0 Å². The maximum atomic E-state index is 4.63. The first-order valence-corrected chi connectivity index (χ1v) is 6.29. The van der Waals surface area contributed by atoms with Crippen molar-refractivity contribution in [2.75, 3.05) is 6.54 Å². The van der Waals surface area contributed by atoms with Gasteiger partial charge in [0.2, 0.25) is 0 Å². The number of hydrogen-bond donors (Lipinski definition) is 0. The van der Waals surface area contributed by atoms with Gasteiger partial charge in [-0.1, -0.05) is 60.7 Å². The van der Waals surface area contributed by atoms with Gasteiger partial charge in [0.1, 0.15) is 0 Å². The predicted octanol–water partition coefficient (Wildman–Crippen LogP) is 3.96. The van der Waals surface area contributed by atoms with E-state index in [1.165, 1.54) is 16.7 Å². The van der Waals surface area contributed by atoms with Crippen molar-refractivity contribution in [2.45, 2.75) is 6.42 Å². The average Bonchev–Trinajstić information content (AvgIpc) is 2.89. The lowest BCUT2D eigenvalue weighted by Crippen LogP contribution is -1.99. The lowest BCUT2D eigenvalue weighted by molar-refractivity contribution is 1.05. The molecule has 0 N–H and O–H groups in total. The standard InChI is InChI=1S/C17H15N/c1-3-7-14(8-4-1)13-16-11-12-18-17(16)15-9-5-2-6-10-15/h1-10,13H,11-12H2/b16-13+. The fourth-order valence-electron chi connectivity index (χ4n) is 2.27. The Balaban J connectivity index is 1.95. The van der Waals surface area contributed by atoms with Crippen LogP contribution in [0.25, 0.3) is 6.08 Å². The van der Waals surface area contributed by atoms with Crippen molar-refractivity contribution >= 4 is 11.8 Å². The zero-order valence-electron chi connectivity index (χ0n) is 10.2. The molecule has 0 bridgehead atoms. The third kappa shape index (κ3) is 2.25. The molecule has 1 nitrogen and oxygen atoms in total. The van der Waals surface area contributed by atoms with Crippen LogP contribution < -0.4 is 0 Å². The zero-order chi connectivity index (χ0) is 12.2. The van der Waals surface area contributed by atoms with E-state index in [4.69, 9.17) is 0 Å². The molecule has 1 aliphatic rings. The number of nitrogens with zero attached hydrogens (tertiary/aromatic N) is 1. The van der Waals surface area contributed by atoms with Gasteiger partial charge < -0.3 is 0 Å². The third-order valence-corrected chi connectivity index (χ3v) is 3.14. The van der Waals surface area contributed by atoms with Gasteiger partial charge in [-0.3, -0.25) is 4.99 Å². The van der Waals surface area contributed by atoms with Crippen LogP contribution in [0.3, 0.4) is 0 Å². The summed E-state index contributed by atoms with van der Waals surface area (Å²) in [5, 5.41) is 0. The Kier molecular flexibility index (Phi) is 3.05. The van der Waals surface area contributed by atoms with Crippen LogP contribution in [0.5, 0.6) is 0 Å². The van der Waals surface area contributed by atoms with Crippen molar-refractivity contribution in [1.29, 1.82) is 0 Å². The minimum atomic E-state index is 0.906. The van der Waals surface area contributed by atoms with Gasteiger partial charge in [-0.05, 0) is 29.2 Å². The van der Waals surface area contributed by atoms with Gasteiger partial charge in [-0.2, -0.15) is 0 Å². The van der Waals surface area contributed by atoms with E-state index in [2.05, 4.69) is 59.6 Å². The lowest BCUT2D eigenvalue weighted by Gasteiger charge is -2.04. The highest BCUT2D eigenvalue weighted by Crippen LogP contribution is 2.21. The van der Waals surface area contributed by atoms with Crippen molar-refractivity contribution in [3.63, 3.8) is 0 Å². The number of aliphatic imine (C=N–C) groups is 1. The smallest absolute Gasteiger partial charge is 0.0679 e. The SMILES string of the molecule is C(=C1/CCN=C1c1ccccc1)/c1ccccc1. The summed E-state index contributed by atoms with van der Waals surface area (Å²) in [6.07, 6.45) is 3.29. The van der Waals surface area contributed by atoms with Crippen LogP contribution in [0, 0.1) is 0 Å². The summed E-state index contributed by atoms with van der Waals surface area (Å²) in [7, 11) is 0. The molecule has 2 aromatic rings. The molecule has 2 aromatic carbocycles. The largest absolute Gasteiger partial charge is 0.284 e. The van der Waals surface area contributed by atoms with Gasteiger partial charge >= 0.3 is 0 Å². The van der Waals surface area contributed by atoms with Crippen LogP contribution in [0.4, 0.5) is 0 Å². The molecule has 0 saturated carbocycles. The van der Waals surface area contributed by atoms with E-state index in [9.17, 15) is 0 Å². The van der Waals surface area contributed by atoms with Gasteiger partial charge in [-0.25, -0.2) is 0 Å². The van der Waals surface area contributed by atoms with Gasteiger partial charge in [0.15, 0.2) is 0 Å². The van der Waals surface area contributed by atoms with Crippen LogP contribution in [0.15, 0.2) is 71.2 Å². The molecule has 0 aliphatic carbocycles. The van der Waals surface area contributed by atoms with Crippen molar-refractivity contribution in [1.82, 2.24) is 0 Å².